The molecule has 1 aliphatic carbocycles. The van der Waals surface area contributed by atoms with Crippen LogP contribution >= 0.6 is 11.3 Å². The number of thiophene rings is 1. The van der Waals surface area contributed by atoms with Crippen LogP contribution in [0.15, 0.2) is 72.2 Å². The number of aryl methyl sites for hydroxylation is 1. The quantitative estimate of drug-likeness (QED) is 0.209. The first kappa shape index (κ1) is 24.2. The molecule has 0 N–H and O–H groups in total. The maximum Gasteiger partial charge on any atom is 0.380 e. The molecule has 2 heterocycles. The fourth-order valence-corrected chi connectivity index (χ4v) is 4.97. The van der Waals surface area contributed by atoms with Gasteiger partial charge in [-0.15, -0.1) is 11.3 Å². The molecule has 1 aliphatic rings. The molecule has 0 atom stereocenters. The van der Waals surface area contributed by atoms with Gasteiger partial charge in [-0.25, -0.2) is 10.1 Å². The van der Waals surface area contributed by atoms with Crippen molar-refractivity contribution in [3.8, 4) is 16.5 Å². The summed E-state index contributed by atoms with van der Waals surface area (Å²) in [7, 11) is 0. The van der Waals surface area contributed by atoms with Gasteiger partial charge < -0.3 is 0 Å². The average molecular weight is 501 g/mol. The van der Waals surface area contributed by atoms with E-state index in [-0.39, 0.29) is 10.4 Å². The van der Waals surface area contributed by atoms with Gasteiger partial charge in [-0.05, 0) is 41.8 Å². The standard InChI is InChI=1S/C25H13F6N3S/c1-14-17(12-19(35-14)15-6-4-3-5-7-15)21-22(24(28,29)25(30,31)23(21,26)27)20(18(13-32)33-2)16-8-10-34-11-9-16/h3-12H,1H3/b20-18-. The molecule has 35 heavy (non-hydrogen) atoms. The second-order valence-corrected chi connectivity index (χ2v) is 8.86. The summed E-state index contributed by atoms with van der Waals surface area (Å²) >= 11 is 0.976. The molecule has 1 aromatic carbocycles. The third-order valence-corrected chi connectivity index (χ3v) is 6.69. The first-order valence-electron chi connectivity index (χ1n) is 9.96. The number of aromatic nitrogens is 1. The Labute approximate surface area is 200 Å². The third-order valence-electron chi connectivity index (χ3n) is 5.59. The number of hydrogen-bond donors (Lipinski definition) is 0. The second kappa shape index (κ2) is 8.40. The van der Waals surface area contributed by atoms with Gasteiger partial charge in [-0.2, -0.15) is 26.3 Å². The fraction of sp³-hybridized carbons (Fsp3) is 0.160. The van der Waals surface area contributed by atoms with E-state index >= 15 is 17.6 Å². The fourth-order valence-electron chi connectivity index (χ4n) is 3.94. The highest BCUT2D eigenvalue weighted by atomic mass is 32.1. The van der Waals surface area contributed by atoms with Gasteiger partial charge in [-0.1, -0.05) is 30.3 Å². The van der Waals surface area contributed by atoms with E-state index < -0.39 is 45.7 Å². The lowest BCUT2D eigenvalue weighted by molar-refractivity contribution is -0.258. The summed E-state index contributed by atoms with van der Waals surface area (Å²) in [6.45, 7) is 8.61. The number of benzene rings is 1. The minimum absolute atomic E-state index is 0.0972. The molecule has 0 spiro atoms. The number of hydrogen-bond acceptors (Lipinski definition) is 3. The first-order chi connectivity index (χ1) is 16.5. The molecule has 4 rings (SSSR count). The maximum atomic E-state index is 15.3. The van der Waals surface area contributed by atoms with Crippen molar-refractivity contribution in [3.63, 3.8) is 0 Å². The predicted molar refractivity (Wildman–Crippen MR) is 120 cm³/mol. The van der Waals surface area contributed by atoms with Gasteiger partial charge >= 0.3 is 17.8 Å². The largest absolute Gasteiger partial charge is 0.380 e. The van der Waals surface area contributed by atoms with Crippen LogP contribution in [0.5, 0.6) is 0 Å². The summed E-state index contributed by atoms with van der Waals surface area (Å²) in [5.74, 6) is -16.5. The zero-order valence-electron chi connectivity index (χ0n) is 17.8. The molecule has 0 radical (unpaired) electrons. The first-order valence-corrected chi connectivity index (χ1v) is 10.8. The van der Waals surface area contributed by atoms with E-state index in [0.717, 1.165) is 41.9 Å². The Morgan fingerprint density at radius 3 is 2.20 bits per heavy atom. The van der Waals surface area contributed by atoms with E-state index in [1.807, 2.05) is 0 Å². The molecular formula is C25H13F6N3S. The van der Waals surface area contributed by atoms with Crippen LogP contribution in [0.4, 0.5) is 26.3 Å². The minimum Gasteiger partial charge on any atom is -0.265 e. The topological polar surface area (TPSA) is 41.0 Å². The van der Waals surface area contributed by atoms with Crippen molar-refractivity contribution in [1.29, 1.82) is 5.26 Å². The van der Waals surface area contributed by atoms with E-state index in [2.05, 4.69) is 9.83 Å². The third kappa shape index (κ3) is 3.53. The SMILES string of the molecule is [C-]#[N+]/C(C#N)=C(\C1=C(c2cc(-c3ccccc3)sc2C)C(F)(F)C(F)(F)C1(F)F)c1ccncc1. The van der Waals surface area contributed by atoms with E-state index in [4.69, 9.17) is 6.57 Å². The molecule has 0 saturated heterocycles. The number of halogens is 6. The normalized spacial score (nSPS) is 18.5. The molecule has 0 amide bonds. The Morgan fingerprint density at radius 2 is 1.63 bits per heavy atom. The monoisotopic (exact) mass is 501 g/mol. The van der Waals surface area contributed by atoms with Crippen molar-refractivity contribution >= 4 is 22.5 Å². The van der Waals surface area contributed by atoms with Gasteiger partial charge in [0.2, 0.25) is 0 Å². The Balaban J connectivity index is 2.15. The second-order valence-electron chi connectivity index (χ2n) is 7.60. The molecule has 0 unspecified atom stereocenters. The lowest BCUT2D eigenvalue weighted by atomic mass is 9.89. The highest BCUT2D eigenvalue weighted by molar-refractivity contribution is 7.15. The molecule has 0 saturated carbocycles. The van der Waals surface area contributed by atoms with Crippen LogP contribution < -0.4 is 0 Å². The zero-order chi connectivity index (χ0) is 25.6. The van der Waals surface area contributed by atoms with Gasteiger partial charge in [0.15, 0.2) is 0 Å². The Bertz CT molecular complexity index is 1430. The van der Waals surface area contributed by atoms with Gasteiger partial charge in [-0.3, -0.25) is 4.98 Å². The van der Waals surface area contributed by atoms with E-state index in [1.165, 1.54) is 13.0 Å². The number of rotatable bonds is 4. The number of allylic oxidation sites excluding steroid dienone is 4. The van der Waals surface area contributed by atoms with Crippen LogP contribution in [0.2, 0.25) is 0 Å². The van der Waals surface area contributed by atoms with Crippen LogP contribution in [0.1, 0.15) is 16.0 Å². The van der Waals surface area contributed by atoms with Gasteiger partial charge in [0.1, 0.15) is 0 Å². The summed E-state index contributed by atoms with van der Waals surface area (Å²) < 4.78 is 90.7. The molecule has 10 heteroatoms. The Kier molecular flexibility index (Phi) is 5.82. The molecule has 2 aromatic heterocycles. The zero-order valence-corrected chi connectivity index (χ0v) is 18.6. The lowest BCUT2D eigenvalue weighted by Crippen LogP contribution is -2.49. The summed E-state index contributed by atoms with van der Waals surface area (Å²) in [5.41, 5.74) is -5.55. The summed E-state index contributed by atoms with van der Waals surface area (Å²) in [5, 5.41) is 9.44. The highest BCUT2D eigenvalue weighted by Gasteiger charge is 2.80. The number of nitrogens with zero attached hydrogens (tertiary/aromatic N) is 3. The maximum absolute atomic E-state index is 15.3. The van der Waals surface area contributed by atoms with Crippen molar-refractivity contribution in [2.75, 3.05) is 0 Å². The molecular weight excluding hydrogens is 488 g/mol. The molecule has 176 valence electrons. The van der Waals surface area contributed by atoms with Crippen LogP contribution in [0, 0.1) is 24.8 Å². The summed E-state index contributed by atoms with van der Waals surface area (Å²) in [6, 6.07) is 13.1. The van der Waals surface area contributed by atoms with E-state index in [0.29, 0.717) is 10.4 Å². The minimum atomic E-state index is -5.81. The van der Waals surface area contributed by atoms with Crippen LogP contribution in [-0.4, -0.2) is 22.8 Å². The number of nitriles is 1. The predicted octanol–water partition coefficient (Wildman–Crippen LogP) is 7.65. The van der Waals surface area contributed by atoms with Gasteiger partial charge in [0.05, 0.1) is 12.6 Å². The van der Waals surface area contributed by atoms with Crippen LogP contribution in [0.25, 0.3) is 26.4 Å². The van der Waals surface area contributed by atoms with Crippen molar-refractivity contribution in [2.24, 2.45) is 0 Å². The van der Waals surface area contributed by atoms with Gasteiger partial charge in [0.25, 0.3) is 5.70 Å². The van der Waals surface area contributed by atoms with Crippen LogP contribution in [0.3, 0.4) is 0 Å². The van der Waals surface area contributed by atoms with Crippen molar-refractivity contribution in [3.05, 3.63) is 99.6 Å². The van der Waals surface area contributed by atoms with E-state index in [9.17, 15) is 14.0 Å². The lowest BCUT2D eigenvalue weighted by Gasteiger charge is -2.26. The molecule has 3 nitrogen and oxygen atoms in total. The summed E-state index contributed by atoms with van der Waals surface area (Å²) in [4.78, 5) is 7.09. The van der Waals surface area contributed by atoms with Crippen molar-refractivity contribution in [1.82, 2.24) is 4.98 Å². The van der Waals surface area contributed by atoms with Crippen molar-refractivity contribution in [2.45, 2.75) is 24.7 Å². The smallest absolute Gasteiger partial charge is 0.265 e. The average Bonchev–Trinajstić information content (AvgIpc) is 3.26. The Morgan fingerprint density at radius 1 is 1.00 bits per heavy atom. The molecule has 0 aliphatic heterocycles. The molecule has 3 aromatic rings. The summed E-state index contributed by atoms with van der Waals surface area (Å²) in [6.07, 6.45) is 2.22. The molecule has 0 fully saturated rings. The van der Waals surface area contributed by atoms with Crippen LogP contribution in [-0.2, 0) is 0 Å². The highest BCUT2D eigenvalue weighted by Crippen LogP contribution is 2.65. The number of pyridine rings is 1. The van der Waals surface area contributed by atoms with Crippen molar-refractivity contribution < 1.29 is 26.3 Å². The molecule has 0 bridgehead atoms. The Hall–Kier alpha value is -3.89. The number of alkyl halides is 6. The van der Waals surface area contributed by atoms with Gasteiger partial charge in [0, 0.05) is 38.9 Å². The van der Waals surface area contributed by atoms with E-state index in [1.54, 1.807) is 30.3 Å².